The number of sulfonamides is 1. The number of carbonyl (C=O) groups excluding carboxylic acids is 1. The largest absolute Gasteiger partial charge is 0.282 e. The maximum Gasteiger partial charge on any atom is 0.244 e. The van der Waals surface area contributed by atoms with Crippen molar-refractivity contribution in [3.05, 3.63) is 76.8 Å². The number of benzene rings is 2. The van der Waals surface area contributed by atoms with Crippen LogP contribution in [0.3, 0.4) is 0 Å². The van der Waals surface area contributed by atoms with Gasteiger partial charge in [0.15, 0.2) is 0 Å². The summed E-state index contributed by atoms with van der Waals surface area (Å²) >= 11 is 7.07. The van der Waals surface area contributed by atoms with E-state index in [1.807, 2.05) is 37.3 Å². The van der Waals surface area contributed by atoms with Crippen molar-refractivity contribution < 1.29 is 13.2 Å². The second-order valence-electron chi connectivity index (χ2n) is 5.72. The molecule has 2 aromatic rings. The Morgan fingerprint density at radius 2 is 1.81 bits per heavy atom. The summed E-state index contributed by atoms with van der Waals surface area (Å²) in [6.45, 7) is 2.06. The molecule has 0 bridgehead atoms. The third-order valence-corrected chi connectivity index (χ3v) is 7.00. The predicted molar refractivity (Wildman–Crippen MR) is 106 cm³/mol. The zero-order valence-electron chi connectivity index (χ0n) is 14.1. The molecule has 0 aromatic heterocycles. The fourth-order valence-electron chi connectivity index (χ4n) is 2.93. The van der Waals surface area contributed by atoms with Gasteiger partial charge in [-0.25, -0.2) is 8.42 Å². The van der Waals surface area contributed by atoms with Crippen LogP contribution in [-0.4, -0.2) is 30.1 Å². The van der Waals surface area contributed by atoms with Crippen molar-refractivity contribution in [3.63, 3.8) is 0 Å². The minimum absolute atomic E-state index is 0.0878. The van der Waals surface area contributed by atoms with Gasteiger partial charge in [-0.2, -0.15) is 4.31 Å². The lowest BCUT2D eigenvalue weighted by Crippen LogP contribution is -2.33. The summed E-state index contributed by atoms with van der Waals surface area (Å²) in [5, 5.41) is 0.383. The maximum absolute atomic E-state index is 13.2. The molecule has 4 nitrogen and oxygen atoms in total. The van der Waals surface area contributed by atoms with Crippen molar-refractivity contribution in [2.24, 2.45) is 0 Å². The zero-order valence-corrected chi connectivity index (χ0v) is 16.5. The summed E-state index contributed by atoms with van der Waals surface area (Å²) in [4.78, 5) is 12.7. The van der Waals surface area contributed by atoms with Gasteiger partial charge in [0.2, 0.25) is 15.1 Å². The van der Waals surface area contributed by atoms with Crippen LogP contribution in [0, 0.1) is 0 Å². The number of hydrogen-bond donors (Lipinski definition) is 0. The molecule has 26 heavy (non-hydrogen) atoms. The lowest BCUT2D eigenvalue weighted by molar-refractivity contribution is -0.108. The van der Waals surface area contributed by atoms with Gasteiger partial charge < -0.3 is 0 Å². The lowest BCUT2D eigenvalue weighted by Gasteiger charge is -2.26. The van der Waals surface area contributed by atoms with Gasteiger partial charge in [0, 0.05) is 17.1 Å². The molecule has 0 amide bonds. The van der Waals surface area contributed by atoms with Crippen LogP contribution in [0.15, 0.2) is 71.1 Å². The molecule has 136 valence electrons. The summed E-state index contributed by atoms with van der Waals surface area (Å²) in [7, 11) is -3.77. The molecule has 1 aliphatic rings. The molecule has 1 atom stereocenters. The van der Waals surface area contributed by atoms with Gasteiger partial charge in [-0.15, -0.1) is 0 Å². The van der Waals surface area contributed by atoms with Gasteiger partial charge in [0.05, 0.1) is 10.9 Å². The van der Waals surface area contributed by atoms with Crippen LogP contribution < -0.4 is 0 Å². The fraction of sp³-hybridized carbons (Fsp3) is 0.211. The molecule has 0 N–H and O–H groups in total. The highest BCUT2D eigenvalue weighted by Gasteiger charge is 2.40. The van der Waals surface area contributed by atoms with E-state index in [1.165, 1.54) is 28.2 Å². The Hall–Kier alpha value is -1.60. The summed E-state index contributed by atoms with van der Waals surface area (Å²) in [5.74, 6) is 0.640. The number of carbonyl (C=O) groups is 1. The number of nitrogens with zero attached hydrogens (tertiary/aromatic N) is 1. The van der Waals surface area contributed by atoms with Crippen LogP contribution in [0.5, 0.6) is 0 Å². The number of thioether (sulfide) groups is 1. The average molecular weight is 408 g/mol. The molecule has 1 aliphatic heterocycles. The molecule has 0 radical (unpaired) electrons. The van der Waals surface area contributed by atoms with E-state index in [-0.39, 0.29) is 16.6 Å². The molecule has 0 saturated heterocycles. The quantitative estimate of drug-likeness (QED) is 0.741. The van der Waals surface area contributed by atoms with E-state index in [9.17, 15) is 13.2 Å². The van der Waals surface area contributed by atoms with Gasteiger partial charge in [-0.3, -0.25) is 4.79 Å². The Morgan fingerprint density at radius 1 is 1.15 bits per heavy atom. The van der Waals surface area contributed by atoms with Crippen LogP contribution in [0.2, 0.25) is 5.02 Å². The Kier molecular flexibility index (Phi) is 5.87. The predicted octanol–water partition coefficient (Wildman–Crippen LogP) is 4.29. The van der Waals surface area contributed by atoms with Crippen molar-refractivity contribution in [3.8, 4) is 0 Å². The molecule has 0 aliphatic carbocycles. The third-order valence-electron chi connectivity index (χ3n) is 4.12. The number of halogens is 1. The topological polar surface area (TPSA) is 54.5 Å². The number of rotatable bonds is 5. The fourth-order valence-corrected chi connectivity index (χ4v) is 5.21. The summed E-state index contributed by atoms with van der Waals surface area (Å²) in [6.07, 6.45) is 1.72. The van der Waals surface area contributed by atoms with Crippen molar-refractivity contribution in [2.75, 3.05) is 12.3 Å². The van der Waals surface area contributed by atoms with E-state index in [0.29, 0.717) is 16.3 Å². The van der Waals surface area contributed by atoms with Gasteiger partial charge in [-0.1, -0.05) is 66.7 Å². The Bertz CT molecular complexity index is 925. The van der Waals surface area contributed by atoms with E-state index in [2.05, 4.69) is 0 Å². The summed E-state index contributed by atoms with van der Waals surface area (Å²) in [6, 6.07) is 14.7. The van der Waals surface area contributed by atoms with E-state index in [1.54, 1.807) is 18.2 Å². The maximum atomic E-state index is 13.2. The third kappa shape index (κ3) is 3.74. The molecular formula is C19H18ClNO3S2. The zero-order chi connectivity index (χ0) is 18.7. The van der Waals surface area contributed by atoms with Crippen LogP contribution in [0.4, 0.5) is 0 Å². The van der Waals surface area contributed by atoms with Crippen LogP contribution in [0.1, 0.15) is 18.5 Å². The molecule has 0 spiro atoms. The van der Waals surface area contributed by atoms with E-state index in [4.69, 9.17) is 11.6 Å². The first-order valence-corrected chi connectivity index (χ1v) is 10.9. The van der Waals surface area contributed by atoms with Crippen LogP contribution >= 0.6 is 23.4 Å². The Labute approximate surface area is 162 Å². The molecule has 3 rings (SSSR count). The van der Waals surface area contributed by atoms with Crippen molar-refractivity contribution in [1.29, 1.82) is 0 Å². The normalized spacial score (nSPS) is 17.9. The van der Waals surface area contributed by atoms with Gasteiger partial charge in [0.25, 0.3) is 0 Å². The molecule has 2 aromatic carbocycles. The highest BCUT2D eigenvalue weighted by atomic mass is 35.5. The monoisotopic (exact) mass is 407 g/mol. The second-order valence-corrected chi connectivity index (χ2v) is 9.29. The SMILES string of the molecule is CCSC(=O)C1=CCN(S(=O)(=O)c2ccc(Cl)cc2)[C@@H]1c1ccccc1. The highest BCUT2D eigenvalue weighted by molar-refractivity contribution is 8.14. The number of hydrogen-bond acceptors (Lipinski definition) is 4. The Balaban J connectivity index is 2.03. The minimum Gasteiger partial charge on any atom is -0.282 e. The smallest absolute Gasteiger partial charge is 0.244 e. The molecule has 0 unspecified atom stereocenters. The van der Waals surface area contributed by atoms with Crippen molar-refractivity contribution >= 4 is 38.5 Å². The van der Waals surface area contributed by atoms with Crippen LogP contribution in [0.25, 0.3) is 0 Å². The first kappa shape index (κ1) is 19.2. The standard InChI is InChI=1S/C19H18ClNO3S2/c1-2-25-19(22)17-12-13-21(18(17)14-6-4-3-5-7-14)26(23,24)16-10-8-15(20)9-11-16/h3-12,18H,2,13H2,1H3/t18-/m1/s1. The van der Waals surface area contributed by atoms with E-state index < -0.39 is 16.1 Å². The van der Waals surface area contributed by atoms with Crippen molar-refractivity contribution in [2.45, 2.75) is 17.9 Å². The van der Waals surface area contributed by atoms with Gasteiger partial charge in [-0.05, 0) is 35.6 Å². The molecular weight excluding hydrogens is 390 g/mol. The minimum atomic E-state index is -3.77. The summed E-state index contributed by atoms with van der Waals surface area (Å²) < 4.78 is 27.7. The molecule has 0 fully saturated rings. The van der Waals surface area contributed by atoms with Gasteiger partial charge in [0.1, 0.15) is 0 Å². The Morgan fingerprint density at radius 3 is 2.42 bits per heavy atom. The lowest BCUT2D eigenvalue weighted by atomic mass is 10.0. The van der Waals surface area contributed by atoms with E-state index in [0.717, 1.165) is 5.56 Å². The van der Waals surface area contributed by atoms with Crippen LogP contribution in [-0.2, 0) is 14.8 Å². The molecule has 0 saturated carbocycles. The van der Waals surface area contributed by atoms with Crippen molar-refractivity contribution in [1.82, 2.24) is 4.31 Å². The van der Waals surface area contributed by atoms with E-state index >= 15 is 0 Å². The van der Waals surface area contributed by atoms with Gasteiger partial charge >= 0.3 is 0 Å². The summed E-state index contributed by atoms with van der Waals surface area (Å²) in [5.41, 5.74) is 1.29. The highest BCUT2D eigenvalue weighted by Crippen LogP contribution is 2.39. The average Bonchev–Trinajstić information content (AvgIpc) is 3.09. The first-order valence-electron chi connectivity index (χ1n) is 8.14. The second kappa shape index (κ2) is 7.96. The first-order chi connectivity index (χ1) is 12.4. The molecule has 7 heteroatoms. The molecule has 1 heterocycles.